The largest absolute Gasteiger partial charge is 0.480 e. The molecule has 0 spiro atoms. The van der Waals surface area contributed by atoms with Crippen LogP contribution >= 0.6 is 0 Å². The molecule has 27 heavy (non-hydrogen) atoms. The molecule has 0 radical (unpaired) electrons. The second-order valence-corrected chi connectivity index (χ2v) is 9.33. The summed E-state index contributed by atoms with van der Waals surface area (Å²) in [6.45, 7) is 7.35. The highest BCUT2D eigenvalue weighted by Gasteiger charge is 2.37. The lowest BCUT2D eigenvalue weighted by Gasteiger charge is -2.33. The van der Waals surface area contributed by atoms with E-state index in [0.717, 1.165) is 5.56 Å². The molecule has 1 heterocycles. The first kappa shape index (κ1) is 21.4. The van der Waals surface area contributed by atoms with Gasteiger partial charge < -0.3 is 10.4 Å². The van der Waals surface area contributed by atoms with Gasteiger partial charge in [0.2, 0.25) is 15.9 Å². The van der Waals surface area contributed by atoms with E-state index in [4.69, 9.17) is 0 Å². The number of aliphatic carboxylic acids is 1. The van der Waals surface area contributed by atoms with E-state index in [1.807, 2.05) is 13.0 Å². The Morgan fingerprint density at radius 2 is 1.85 bits per heavy atom. The minimum Gasteiger partial charge on any atom is -0.480 e. The van der Waals surface area contributed by atoms with Crippen LogP contribution in [0.15, 0.2) is 23.1 Å². The second-order valence-electron chi connectivity index (χ2n) is 7.43. The quantitative estimate of drug-likeness (QED) is 0.766. The van der Waals surface area contributed by atoms with E-state index in [0.29, 0.717) is 23.3 Å². The van der Waals surface area contributed by atoms with Crippen LogP contribution in [0, 0.1) is 19.8 Å². The second kappa shape index (κ2) is 7.98. The molecule has 2 N–H and O–H groups in total. The van der Waals surface area contributed by atoms with Crippen LogP contribution in [0.4, 0.5) is 0 Å². The van der Waals surface area contributed by atoms with Crippen LogP contribution in [0.5, 0.6) is 0 Å². The predicted octanol–water partition coefficient (Wildman–Crippen LogP) is 2.07. The van der Waals surface area contributed by atoms with E-state index in [1.165, 1.54) is 11.2 Å². The van der Waals surface area contributed by atoms with E-state index in [9.17, 15) is 23.1 Å². The van der Waals surface area contributed by atoms with Crippen LogP contribution in [-0.4, -0.2) is 48.3 Å². The van der Waals surface area contributed by atoms with Crippen LogP contribution < -0.4 is 5.32 Å². The third-order valence-corrected chi connectivity index (χ3v) is 7.41. The smallest absolute Gasteiger partial charge is 0.329 e. The van der Waals surface area contributed by atoms with Gasteiger partial charge in [-0.25, -0.2) is 13.2 Å². The fourth-order valence-electron chi connectivity index (χ4n) is 3.25. The van der Waals surface area contributed by atoms with Crippen molar-refractivity contribution in [3.63, 3.8) is 0 Å². The first-order chi connectivity index (χ1) is 12.5. The number of piperidine rings is 1. The van der Waals surface area contributed by atoms with E-state index in [1.54, 1.807) is 26.0 Å². The topological polar surface area (TPSA) is 104 Å². The fraction of sp³-hybridized carbons (Fsp3) is 0.579. The minimum absolute atomic E-state index is 0.240. The lowest BCUT2D eigenvalue weighted by Crippen LogP contribution is -2.54. The number of aryl methyl sites for hydroxylation is 2. The van der Waals surface area contributed by atoms with Gasteiger partial charge in [0.15, 0.2) is 0 Å². The summed E-state index contributed by atoms with van der Waals surface area (Å²) >= 11 is 0. The van der Waals surface area contributed by atoms with Crippen LogP contribution in [0.2, 0.25) is 0 Å². The van der Waals surface area contributed by atoms with Crippen molar-refractivity contribution in [1.82, 2.24) is 9.62 Å². The van der Waals surface area contributed by atoms with Crippen molar-refractivity contribution in [2.45, 2.75) is 57.4 Å². The number of sulfonamides is 1. The van der Waals surface area contributed by atoms with Crippen molar-refractivity contribution < 1.29 is 23.1 Å². The van der Waals surface area contributed by atoms with Gasteiger partial charge in [-0.05, 0) is 51.7 Å². The summed E-state index contributed by atoms with van der Waals surface area (Å²) in [5.74, 6) is -1.79. The highest BCUT2D eigenvalue weighted by Crippen LogP contribution is 2.27. The van der Waals surface area contributed by atoms with Crippen molar-refractivity contribution in [3.05, 3.63) is 29.3 Å². The molecule has 0 bridgehead atoms. The zero-order chi connectivity index (χ0) is 20.4. The lowest BCUT2D eigenvalue weighted by molar-refractivity contribution is -0.147. The Morgan fingerprint density at radius 1 is 1.26 bits per heavy atom. The normalized spacial score (nSPS) is 18.7. The maximum Gasteiger partial charge on any atom is 0.329 e. The molecule has 0 aliphatic carbocycles. The Balaban J connectivity index is 2.06. The molecule has 8 heteroatoms. The standard InChI is InChI=1S/C19H28N2O5S/c1-5-19(4,18(23)24)20-17(22)15-8-10-21(11-9-15)27(25,26)16-7-6-13(2)12-14(16)3/h6-7,12,15H,5,8-11H2,1-4H3,(H,20,22)(H,23,24). The molecule has 1 atom stereocenters. The molecule has 7 nitrogen and oxygen atoms in total. The maximum atomic E-state index is 12.9. The van der Waals surface area contributed by atoms with Gasteiger partial charge in [-0.3, -0.25) is 4.79 Å². The first-order valence-electron chi connectivity index (χ1n) is 9.14. The third-order valence-electron chi connectivity index (χ3n) is 5.35. The summed E-state index contributed by atoms with van der Waals surface area (Å²) in [6, 6.07) is 5.24. The summed E-state index contributed by atoms with van der Waals surface area (Å²) in [5, 5.41) is 11.9. The third kappa shape index (κ3) is 4.50. The molecule has 1 aromatic rings. The number of rotatable bonds is 6. The Labute approximate surface area is 160 Å². The number of nitrogens with one attached hydrogen (secondary N) is 1. The average Bonchev–Trinajstić information content (AvgIpc) is 2.61. The first-order valence-corrected chi connectivity index (χ1v) is 10.6. The van der Waals surface area contributed by atoms with Crippen LogP contribution in [0.1, 0.15) is 44.2 Å². The number of carboxylic acid groups (broad SMARTS) is 1. The summed E-state index contributed by atoms with van der Waals surface area (Å²) < 4.78 is 27.2. The molecule has 0 aromatic heterocycles. The molecule has 1 saturated heterocycles. The van der Waals surface area contributed by atoms with Gasteiger partial charge in [0.1, 0.15) is 5.54 Å². The highest BCUT2D eigenvalue weighted by atomic mass is 32.2. The minimum atomic E-state index is -3.60. The molecule has 150 valence electrons. The van der Waals surface area contributed by atoms with E-state index >= 15 is 0 Å². The van der Waals surface area contributed by atoms with E-state index < -0.39 is 21.5 Å². The molecule has 1 aliphatic heterocycles. The summed E-state index contributed by atoms with van der Waals surface area (Å²) in [6.07, 6.45) is 1.01. The van der Waals surface area contributed by atoms with Gasteiger partial charge in [0.05, 0.1) is 4.90 Å². The maximum absolute atomic E-state index is 12.9. The van der Waals surface area contributed by atoms with Gasteiger partial charge in [0, 0.05) is 19.0 Å². The number of hydrogen-bond donors (Lipinski definition) is 2. The molecule has 0 saturated carbocycles. The fourth-order valence-corrected chi connectivity index (χ4v) is 4.93. The van der Waals surface area contributed by atoms with Crippen molar-refractivity contribution in [2.75, 3.05) is 13.1 Å². The molecule has 1 aliphatic rings. The Hall–Kier alpha value is -1.93. The number of carbonyl (C=O) groups is 2. The van der Waals surface area contributed by atoms with Gasteiger partial charge in [0.25, 0.3) is 0 Å². The van der Waals surface area contributed by atoms with Crippen LogP contribution in [0.3, 0.4) is 0 Å². The molecular formula is C19H28N2O5S. The van der Waals surface area contributed by atoms with Gasteiger partial charge in [-0.2, -0.15) is 4.31 Å². The molecule has 1 fully saturated rings. The molecule has 1 amide bonds. The predicted molar refractivity (Wildman–Crippen MR) is 102 cm³/mol. The van der Waals surface area contributed by atoms with Crippen molar-refractivity contribution in [2.24, 2.45) is 5.92 Å². The monoisotopic (exact) mass is 396 g/mol. The van der Waals surface area contributed by atoms with E-state index in [-0.39, 0.29) is 31.3 Å². The van der Waals surface area contributed by atoms with Crippen molar-refractivity contribution in [3.8, 4) is 0 Å². The lowest BCUT2D eigenvalue weighted by atomic mass is 9.93. The van der Waals surface area contributed by atoms with Crippen LogP contribution in [0.25, 0.3) is 0 Å². The molecule has 2 rings (SSSR count). The zero-order valence-corrected chi connectivity index (χ0v) is 17.1. The number of hydrogen-bond acceptors (Lipinski definition) is 4. The van der Waals surface area contributed by atoms with Gasteiger partial charge in [-0.1, -0.05) is 24.6 Å². The summed E-state index contributed by atoms with van der Waals surface area (Å²) in [5.41, 5.74) is 0.397. The van der Waals surface area contributed by atoms with Crippen LogP contribution in [-0.2, 0) is 19.6 Å². The Kier molecular flexibility index (Phi) is 6.32. The van der Waals surface area contributed by atoms with Gasteiger partial charge in [-0.15, -0.1) is 0 Å². The highest BCUT2D eigenvalue weighted by molar-refractivity contribution is 7.89. The van der Waals surface area contributed by atoms with Crippen molar-refractivity contribution in [1.29, 1.82) is 0 Å². The molecular weight excluding hydrogens is 368 g/mol. The SMILES string of the molecule is CCC(C)(NC(=O)C1CCN(S(=O)(=O)c2ccc(C)cc2C)CC1)C(=O)O. The summed E-state index contributed by atoms with van der Waals surface area (Å²) in [7, 11) is -3.60. The number of carboxylic acids is 1. The Bertz CT molecular complexity index is 829. The number of benzene rings is 1. The molecule has 1 unspecified atom stereocenters. The van der Waals surface area contributed by atoms with Gasteiger partial charge >= 0.3 is 5.97 Å². The number of amides is 1. The zero-order valence-electron chi connectivity index (χ0n) is 16.3. The van der Waals surface area contributed by atoms with Crippen molar-refractivity contribution >= 4 is 21.9 Å². The molecule has 1 aromatic carbocycles. The summed E-state index contributed by atoms with van der Waals surface area (Å²) in [4.78, 5) is 24.1. The average molecular weight is 397 g/mol. The Morgan fingerprint density at radius 3 is 2.33 bits per heavy atom. The number of carbonyl (C=O) groups excluding carboxylic acids is 1. The number of nitrogens with zero attached hydrogens (tertiary/aromatic N) is 1. The van der Waals surface area contributed by atoms with E-state index in [2.05, 4.69) is 5.32 Å².